The number of hydrogen-bond acceptors (Lipinski definition) is 3. The van der Waals surface area contributed by atoms with Crippen molar-refractivity contribution in [2.45, 2.75) is 82.7 Å². The van der Waals surface area contributed by atoms with Crippen molar-refractivity contribution in [3.8, 4) is 0 Å². The fraction of sp³-hybridized carbons (Fsp3) is 0.593. The van der Waals surface area contributed by atoms with Crippen molar-refractivity contribution in [2.75, 3.05) is 18.5 Å². The summed E-state index contributed by atoms with van der Waals surface area (Å²) in [5, 5.41) is 1.13. The number of allylic oxidation sites excluding steroid dienone is 2. The zero-order valence-electron chi connectivity index (χ0n) is 19.1. The molecule has 1 aromatic rings. The number of carbonyl (C=O) groups excluding carboxylic acids is 1. The van der Waals surface area contributed by atoms with Crippen molar-refractivity contribution in [2.24, 2.45) is 0 Å². The molecule has 31 heavy (non-hydrogen) atoms. The minimum Gasteiger partial charge on any atom is -0.463 e. The Balaban J connectivity index is 1.70. The Hall–Kier alpha value is -1.39. The number of hydrogen-bond donors (Lipinski definition) is 0. The average molecular weight is 492 g/mol. The Morgan fingerprint density at radius 2 is 1.42 bits per heavy atom. The molecule has 0 heterocycles. The van der Waals surface area contributed by atoms with Gasteiger partial charge in [-0.05, 0) is 37.5 Å². The third-order valence-corrected chi connectivity index (χ3v) is 6.31. The molecule has 0 radical (unpaired) electrons. The lowest BCUT2D eigenvalue weighted by Gasteiger charge is -2.29. The molecule has 0 aliphatic heterocycles. The SMILES string of the molecule is CCOC(=O)C1(OCCCCCCCCCCCCBr)C=CC(c2ccccc2)C=C1. The van der Waals surface area contributed by atoms with Crippen LogP contribution in [0.3, 0.4) is 0 Å². The van der Waals surface area contributed by atoms with Gasteiger partial charge in [0, 0.05) is 17.9 Å². The lowest BCUT2D eigenvalue weighted by molar-refractivity contribution is -0.160. The van der Waals surface area contributed by atoms with Gasteiger partial charge in [-0.25, -0.2) is 4.79 Å². The standard InChI is InChI=1S/C27H39BrO3/c1-2-30-26(29)27(20-18-25(19-21-27)24-16-12-11-13-17-24)31-23-15-10-8-6-4-3-5-7-9-14-22-28/h11-13,16-21,25H,2-10,14-15,22-23H2,1H3. The van der Waals surface area contributed by atoms with Crippen LogP contribution >= 0.6 is 15.9 Å². The van der Waals surface area contributed by atoms with Gasteiger partial charge in [0.05, 0.1) is 6.61 Å². The smallest absolute Gasteiger partial charge is 0.346 e. The van der Waals surface area contributed by atoms with E-state index < -0.39 is 5.60 Å². The Labute approximate surface area is 197 Å². The van der Waals surface area contributed by atoms with Gasteiger partial charge in [0.2, 0.25) is 5.60 Å². The summed E-state index contributed by atoms with van der Waals surface area (Å²) in [5.74, 6) is -0.166. The van der Waals surface area contributed by atoms with Crippen LogP contribution in [0.2, 0.25) is 0 Å². The first-order valence-electron chi connectivity index (χ1n) is 12.0. The van der Waals surface area contributed by atoms with Gasteiger partial charge in [0.1, 0.15) is 0 Å². The Bertz CT molecular complexity index is 654. The van der Waals surface area contributed by atoms with Crippen LogP contribution in [0.4, 0.5) is 0 Å². The maximum absolute atomic E-state index is 12.6. The first-order chi connectivity index (χ1) is 15.2. The van der Waals surface area contributed by atoms with E-state index in [0.29, 0.717) is 13.2 Å². The highest BCUT2D eigenvalue weighted by Crippen LogP contribution is 2.30. The van der Waals surface area contributed by atoms with Crippen LogP contribution in [0.5, 0.6) is 0 Å². The molecule has 0 unspecified atom stereocenters. The van der Waals surface area contributed by atoms with E-state index in [2.05, 4.69) is 28.1 Å². The Kier molecular flexibility index (Phi) is 12.9. The van der Waals surface area contributed by atoms with E-state index in [1.807, 2.05) is 49.4 Å². The number of ether oxygens (including phenoxy) is 2. The summed E-state index contributed by atoms with van der Waals surface area (Å²) in [4.78, 5) is 12.6. The van der Waals surface area contributed by atoms with Crippen LogP contribution in [0.25, 0.3) is 0 Å². The van der Waals surface area contributed by atoms with E-state index in [4.69, 9.17) is 9.47 Å². The first-order valence-corrected chi connectivity index (χ1v) is 13.1. The minimum atomic E-state index is -1.09. The molecule has 0 saturated carbocycles. The van der Waals surface area contributed by atoms with Gasteiger partial charge in [-0.2, -0.15) is 0 Å². The van der Waals surface area contributed by atoms with E-state index in [1.165, 1.54) is 56.9 Å². The number of halogens is 1. The van der Waals surface area contributed by atoms with E-state index in [9.17, 15) is 4.79 Å². The zero-order valence-corrected chi connectivity index (χ0v) is 20.7. The number of benzene rings is 1. The number of esters is 1. The molecule has 4 heteroatoms. The topological polar surface area (TPSA) is 35.5 Å². The van der Waals surface area contributed by atoms with Gasteiger partial charge in [-0.3, -0.25) is 0 Å². The maximum Gasteiger partial charge on any atom is 0.346 e. The van der Waals surface area contributed by atoms with Crippen LogP contribution in [-0.4, -0.2) is 30.1 Å². The summed E-state index contributed by atoms with van der Waals surface area (Å²) in [6, 6.07) is 10.3. The molecule has 1 aliphatic rings. The van der Waals surface area contributed by atoms with Crippen molar-refractivity contribution in [3.05, 3.63) is 60.2 Å². The molecule has 0 N–H and O–H groups in total. The second-order valence-electron chi connectivity index (χ2n) is 8.24. The van der Waals surface area contributed by atoms with Crippen molar-refractivity contribution >= 4 is 21.9 Å². The summed E-state index contributed by atoms with van der Waals surface area (Å²) in [7, 11) is 0. The van der Waals surface area contributed by atoms with Crippen LogP contribution in [-0.2, 0) is 14.3 Å². The Morgan fingerprint density at radius 1 is 0.871 bits per heavy atom. The highest BCUT2D eigenvalue weighted by Gasteiger charge is 2.38. The summed E-state index contributed by atoms with van der Waals surface area (Å²) < 4.78 is 11.4. The van der Waals surface area contributed by atoms with Gasteiger partial charge in [-0.15, -0.1) is 0 Å². The van der Waals surface area contributed by atoms with Gasteiger partial charge >= 0.3 is 5.97 Å². The molecule has 0 aromatic heterocycles. The summed E-state index contributed by atoms with van der Waals surface area (Å²) in [5.41, 5.74) is 0.117. The molecular formula is C27H39BrO3. The molecule has 172 valence electrons. The number of unbranched alkanes of at least 4 members (excludes halogenated alkanes) is 9. The fourth-order valence-corrected chi connectivity index (χ4v) is 4.29. The predicted molar refractivity (Wildman–Crippen MR) is 133 cm³/mol. The highest BCUT2D eigenvalue weighted by molar-refractivity contribution is 9.09. The highest BCUT2D eigenvalue weighted by atomic mass is 79.9. The molecule has 0 fully saturated rings. The zero-order chi connectivity index (χ0) is 22.2. The van der Waals surface area contributed by atoms with Gasteiger partial charge in [-0.1, -0.05) is 110 Å². The molecular weight excluding hydrogens is 452 g/mol. The van der Waals surface area contributed by atoms with Gasteiger partial charge in [0.25, 0.3) is 0 Å². The summed E-state index contributed by atoms with van der Waals surface area (Å²) >= 11 is 3.49. The minimum absolute atomic E-state index is 0.159. The third-order valence-electron chi connectivity index (χ3n) is 5.75. The summed E-state index contributed by atoms with van der Waals surface area (Å²) in [6.45, 7) is 2.75. The van der Waals surface area contributed by atoms with Crippen LogP contribution in [0, 0.1) is 0 Å². The number of rotatable bonds is 16. The Morgan fingerprint density at radius 3 is 1.97 bits per heavy atom. The molecule has 2 rings (SSSR count). The first kappa shape index (κ1) is 25.9. The molecule has 0 saturated heterocycles. The van der Waals surface area contributed by atoms with E-state index in [1.54, 1.807) is 0 Å². The monoisotopic (exact) mass is 490 g/mol. The second kappa shape index (κ2) is 15.4. The van der Waals surface area contributed by atoms with Crippen molar-refractivity contribution < 1.29 is 14.3 Å². The molecule has 0 amide bonds. The van der Waals surface area contributed by atoms with E-state index in [-0.39, 0.29) is 11.9 Å². The van der Waals surface area contributed by atoms with Crippen LogP contribution < -0.4 is 0 Å². The molecule has 0 bridgehead atoms. The maximum atomic E-state index is 12.6. The number of alkyl halides is 1. The largest absolute Gasteiger partial charge is 0.463 e. The molecule has 1 aliphatic carbocycles. The fourth-order valence-electron chi connectivity index (χ4n) is 3.90. The second-order valence-corrected chi connectivity index (χ2v) is 9.03. The van der Waals surface area contributed by atoms with Crippen LogP contribution in [0.1, 0.15) is 82.6 Å². The van der Waals surface area contributed by atoms with E-state index in [0.717, 1.165) is 18.2 Å². The quantitative estimate of drug-likeness (QED) is 0.104. The molecule has 1 aromatic carbocycles. The van der Waals surface area contributed by atoms with Crippen molar-refractivity contribution in [1.29, 1.82) is 0 Å². The van der Waals surface area contributed by atoms with Gasteiger partial charge < -0.3 is 9.47 Å². The third kappa shape index (κ3) is 9.33. The molecule has 3 nitrogen and oxygen atoms in total. The van der Waals surface area contributed by atoms with E-state index >= 15 is 0 Å². The molecule has 0 spiro atoms. The average Bonchev–Trinajstić information content (AvgIpc) is 2.81. The molecule has 0 atom stereocenters. The van der Waals surface area contributed by atoms with Gasteiger partial charge in [0.15, 0.2) is 0 Å². The number of carbonyl (C=O) groups is 1. The lowest BCUT2D eigenvalue weighted by Crippen LogP contribution is -2.41. The summed E-state index contributed by atoms with van der Waals surface area (Å²) in [6.07, 6.45) is 20.5. The lowest BCUT2D eigenvalue weighted by atomic mass is 9.88. The van der Waals surface area contributed by atoms with Crippen LogP contribution in [0.15, 0.2) is 54.6 Å². The normalized spacial score (nSPS) is 20.1. The van der Waals surface area contributed by atoms with Crippen molar-refractivity contribution in [1.82, 2.24) is 0 Å². The predicted octanol–water partition coefficient (Wildman–Crippen LogP) is 7.51. The van der Waals surface area contributed by atoms with Crippen molar-refractivity contribution in [3.63, 3.8) is 0 Å².